The Morgan fingerprint density at radius 3 is 1.38 bits per heavy atom. The fourth-order valence-electron chi connectivity index (χ4n) is 0.144. The fraction of sp³-hybridized carbons (Fsp3) is 0.857. The first-order chi connectivity index (χ1) is 5.64. The van der Waals surface area contributed by atoms with Gasteiger partial charge in [0.05, 0.1) is 21.3 Å². The molecule has 0 atom stereocenters. The van der Waals surface area contributed by atoms with Gasteiger partial charge in [-0.05, 0) is 0 Å². The zero-order valence-corrected chi connectivity index (χ0v) is 7.99. The quantitative estimate of drug-likeness (QED) is 0.462. The number of ether oxygens (including phenoxy) is 1. The molecule has 0 amide bonds. The highest BCUT2D eigenvalue weighted by Crippen LogP contribution is 1.76. The first-order valence-corrected chi connectivity index (χ1v) is 3.17. The summed E-state index contributed by atoms with van der Waals surface area (Å²) in [6, 6.07) is 0. The average molecular weight is 198 g/mol. The Morgan fingerprint density at radius 2 is 1.38 bits per heavy atom. The molecular weight excluding hydrogens is 176 g/mol. The highest BCUT2D eigenvalue weighted by Gasteiger charge is 1.87. The van der Waals surface area contributed by atoms with Crippen LogP contribution >= 0.6 is 0 Å². The summed E-state index contributed by atoms with van der Waals surface area (Å²) in [7, 11) is 4.19. The van der Waals surface area contributed by atoms with Crippen LogP contribution in [0.5, 0.6) is 0 Å². The molecule has 0 aliphatic rings. The highest BCUT2D eigenvalue weighted by atomic mass is 16.6. The van der Waals surface area contributed by atoms with Gasteiger partial charge in [-0.15, -0.1) is 0 Å². The van der Waals surface area contributed by atoms with Crippen molar-refractivity contribution in [1.82, 2.24) is 0 Å². The summed E-state index contributed by atoms with van der Waals surface area (Å²) in [6.07, 6.45) is 0.469. The molecule has 0 aromatic rings. The van der Waals surface area contributed by atoms with E-state index in [1.807, 2.05) is 0 Å². The summed E-state index contributed by atoms with van der Waals surface area (Å²) >= 11 is 0. The summed E-state index contributed by atoms with van der Waals surface area (Å²) in [4.78, 5) is 17.5. The molecule has 0 aromatic heterocycles. The lowest BCUT2D eigenvalue weighted by Crippen LogP contribution is -1.94. The molecule has 6 heteroatoms. The van der Waals surface area contributed by atoms with E-state index in [0.29, 0.717) is 6.42 Å². The number of hydrogen-bond donors (Lipinski definition) is 2. The second-order valence-corrected chi connectivity index (χ2v) is 1.40. The van der Waals surface area contributed by atoms with Gasteiger partial charge in [-0.2, -0.15) is 0 Å². The maximum Gasteiger partial charge on any atom is 0.305 e. The molecule has 0 aliphatic heterocycles. The number of rotatable bonds is 1. The molecule has 0 spiro atoms. The molecule has 4 N–H and O–H groups in total. The molecule has 0 saturated heterocycles. The van der Waals surface area contributed by atoms with Crippen molar-refractivity contribution in [1.29, 1.82) is 0 Å². The normalized spacial score (nSPS) is 6.31. The van der Waals surface area contributed by atoms with Gasteiger partial charge < -0.3 is 14.4 Å². The van der Waals surface area contributed by atoms with Crippen LogP contribution in [0.2, 0.25) is 0 Å². The molecule has 0 bridgehead atoms. The largest absolute Gasteiger partial charge is 0.469 e. The van der Waals surface area contributed by atoms with Crippen molar-refractivity contribution < 1.29 is 19.2 Å². The number of esters is 1. The van der Waals surface area contributed by atoms with Gasteiger partial charge in [-0.25, -0.2) is 11.8 Å². The molecule has 13 heavy (non-hydrogen) atoms. The first kappa shape index (κ1) is 22.8. The molecule has 0 rings (SSSR count). The summed E-state index contributed by atoms with van der Waals surface area (Å²) in [5, 5.41) is 0. The Morgan fingerprint density at radius 1 is 1.15 bits per heavy atom. The summed E-state index contributed by atoms with van der Waals surface area (Å²) < 4.78 is 4.26. The fourth-order valence-corrected chi connectivity index (χ4v) is 0.144. The molecule has 0 radical (unpaired) electrons. The minimum Gasteiger partial charge on any atom is -0.469 e. The number of carbonyl (C=O) groups excluding carboxylic acids is 1. The summed E-state index contributed by atoms with van der Waals surface area (Å²) in [5.74, 6) is 8.54. The Kier molecular flexibility index (Phi) is 53.0. The molecule has 0 heterocycles. The van der Waals surface area contributed by atoms with E-state index in [-0.39, 0.29) is 13.4 Å². The monoisotopic (exact) mass is 198 g/mol. The predicted molar refractivity (Wildman–Crippen MR) is 51.4 cm³/mol. The van der Waals surface area contributed by atoms with Crippen LogP contribution in [-0.4, -0.2) is 27.3 Å². The summed E-state index contributed by atoms with van der Waals surface area (Å²) in [6.45, 7) is 1.76. The molecule has 0 fully saturated rings. The third kappa shape index (κ3) is 89.5. The van der Waals surface area contributed by atoms with Crippen molar-refractivity contribution in [2.45, 2.75) is 20.8 Å². The van der Waals surface area contributed by atoms with E-state index >= 15 is 0 Å². The van der Waals surface area contributed by atoms with Crippen molar-refractivity contribution in [3.8, 4) is 0 Å². The van der Waals surface area contributed by atoms with Crippen molar-refractivity contribution in [3.63, 3.8) is 0 Å². The van der Waals surface area contributed by atoms with Gasteiger partial charge in [-0.1, -0.05) is 14.4 Å². The Labute approximate surface area is 80.0 Å². The third-order valence-corrected chi connectivity index (χ3v) is 0.516. The van der Waals surface area contributed by atoms with E-state index in [0.717, 1.165) is 0 Å². The van der Waals surface area contributed by atoms with Gasteiger partial charge >= 0.3 is 5.97 Å². The van der Waals surface area contributed by atoms with Crippen LogP contribution in [-0.2, 0) is 19.2 Å². The van der Waals surface area contributed by atoms with E-state index in [1.165, 1.54) is 21.3 Å². The SMILES string of the molecule is C.CCC(=O)OC.CON.CON. The minimum atomic E-state index is -0.157. The highest BCUT2D eigenvalue weighted by molar-refractivity contribution is 5.68. The maximum absolute atomic E-state index is 9.96. The van der Waals surface area contributed by atoms with Crippen molar-refractivity contribution in [3.05, 3.63) is 0 Å². The zero-order valence-electron chi connectivity index (χ0n) is 7.99. The zero-order chi connectivity index (χ0) is 10.4. The second-order valence-electron chi connectivity index (χ2n) is 1.40. The van der Waals surface area contributed by atoms with Crippen LogP contribution in [0.15, 0.2) is 0 Å². The van der Waals surface area contributed by atoms with Crippen LogP contribution < -0.4 is 11.8 Å². The topological polar surface area (TPSA) is 96.8 Å². The van der Waals surface area contributed by atoms with Gasteiger partial charge in [0.1, 0.15) is 0 Å². The van der Waals surface area contributed by atoms with Crippen LogP contribution in [0.4, 0.5) is 0 Å². The summed E-state index contributed by atoms with van der Waals surface area (Å²) in [5.41, 5.74) is 0. The molecule has 0 aliphatic carbocycles. The van der Waals surface area contributed by atoms with Crippen LogP contribution in [0, 0.1) is 0 Å². The number of methoxy groups -OCH3 is 1. The number of carbonyl (C=O) groups is 1. The molecule has 84 valence electrons. The lowest BCUT2D eigenvalue weighted by Gasteiger charge is -1.87. The van der Waals surface area contributed by atoms with Crippen LogP contribution in [0.25, 0.3) is 0 Å². The molecular formula is C7H22N2O4. The maximum atomic E-state index is 9.96. The third-order valence-electron chi connectivity index (χ3n) is 0.516. The molecule has 0 aromatic carbocycles. The smallest absolute Gasteiger partial charge is 0.305 e. The van der Waals surface area contributed by atoms with Gasteiger partial charge in [0.15, 0.2) is 0 Å². The van der Waals surface area contributed by atoms with Gasteiger partial charge in [0.2, 0.25) is 0 Å². The first-order valence-electron chi connectivity index (χ1n) is 3.17. The van der Waals surface area contributed by atoms with Crippen molar-refractivity contribution in [2.24, 2.45) is 11.8 Å². The average Bonchev–Trinajstić information content (AvgIpc) is 2.06. The van der Waals surface area contributed by atoms with E-state index in [2.05, 4.69) is 26.2 Å². The van der Waals surface area contributed by atoms with E-state index in [9.17, 15) is 4.79 Å². The lowest BCUT2D eigenvalue weighted by atomic mass is 10.5. The Hall–Kier alpha value is -0.690. The Bertz CT molecular complexity index is 72.9. The number of hydrogen-bond acceptors (Lipinski definition) is 6. The molecule has 0 saturated carbocycles. The van der Waals surface area contributed by atoms with Crippen LogP contribution in [0.3, 0.4) is 0 Å². The molecule has 6 nitrogen and oxygen atoms in total. The van der Waals surface area contributed by atoms with E-state index in [1.54, 1.807) is 6.92 Å². The standard InChI is InChI=1S/C4H8O2.2CH5NO.CH4/c1-3-4(5)6-2;2*1-3-2;/h3H2,1-2H3;2*2H2,1H3;1H4. The van der Waals surface area contributed by atoms with E-state index in [4.69, 9.17) is 0 Å². The number of nitrogens with two attached hydrogens (primary N) is 2. The van der Waals surface area contributed by atoms with Crippen LogP contribution in [0.1, 0.15) is 20.8 Å². The minimum absolute atomic E-state index is 0. The Balaban J connectivity index is -0.0000000501. The predicted octanol–water partition coefficient (Wildman–Crippen LogP) is 0.219. The molecule has 0 unspecified atom stereocenters. The van der Waals surface area contributed by atoms with Gasteiger partial charge in [-0.3, -0.25) is 4.79 Å². The van der Waals surface area contributed by atoms with Gasteiger partial charge in [0.25, 0.3) is 0 Å². The van der Waals surface area contributed by atoms with E-state index < -0.39 is 0 Å². The van der Waals surface area contributed by atoms with Crippen molar-refractivity contribution >= 4 is 5.97 Å². The second kappa shape index (κ2) is 30.2. The van der Waals surface area contributed by atoms with Gasteiger partial charge in [0, 0.05) is 6.42 Å². The lowest BCUT2D eigenvalue weighted by molar-refractivity contribution is -0.140. The van der Waals surface area contributed by atoms with Crippen molar-refractivity contribution in [2.75, 3.05) is 21.3 Å².